The molecule has 4 heteroatoms. The number of benzene rings is 1. The van der Waals surface area contributed by atoms with E-state index in [2.05, 4.69) is 37.9 Å². The van der Waals surface area contributed by atoms with Crippen LogP contribution >= 0.6 is 0 Å². The molecule has 3 nitrogen and oxygen atoms in total. The highest BCUT2D eigenvalue weighted by atomic mass is 19.1. The van der Waals surface area contributed by atoms with Gasteiger partial charge in [0.25, 0.3) is 0 Å². The Bertz CT molecular complexity index is 484. The fraction of sp³-hybridized carbons (Fsp3) is 0.647. The van der Waals surface area contributed by atoms with Crippen molar-refractivity contribution in [3.63, 3.8) is 0 Å². The number of aliphatic hydroxyl groups is 1. The van der Waals surface area contributed by atoms with Gasteiger partial charge in [-0.1, -0.05) is 6.92 Å². The molecule has 1 aliphatic heterocycles. The summed E-state index contributed by atoms with van der Waals surface area (Å²) in [5.74, 6) is 0.251. The molecule has 1 aromatic carbocycles. The standard InChI is InChI=1S/C17H27FN2O/c1-12-7-8-20(16(12)11-21)15-6-5-14(18)9-13(15)10-19-17(2,3)4/h5-6,9,12,16,19,21H,7-8,10-11H2,1-4H3. The number of halogens is 1. The van der Waals surface area contributed by atoms with Crippen molar-refractivity contribution in [2.24, 2.45) is 5.92 Å². The summed E-state index contributed by atoms with van der Waals surface area (Å²) in [4.78, 5) is 2.23. The highest BCUT2D eigenvalue weighted by Gasteiger charge is 2.31. The predicted molar refractivity (Wildman–Crippen MR) is 85.0 cm³/mol. The Balaban J connectivity index is 2.26. The lowest BCUT2D eigenvalue weighted by atomic mass is 10.0. The summed E-state index contributed by atoms with van der Waals surface area (Å²) in [6.07, 6.45) is 1.06. The first-order valence-electron chi connectivity index (χ1n) is 7.73. The molecule has 1 aliphatic rings. The first-order chi connectivity index (χ1) is 9.81. The second-order valence-corrected chi connectivity index (χ2v) is 7.09. The maximum atomic E-state index is 13.6. The number of anilines is 1. The van der Waals surface area contributed by atoms with Crippen molar-refractivity contribution in [2.75, 3.05) is 18.1 Å². The molecular weight excluding hydrogens is 267 g/mol. The molecule has 1 aromatic rings. The van der Waals surface area contributed by atoms with Gasteiger partial charge in [-0.2, -0.15) is 0 Å². The number of nitrogens with zero attached hydrogens (tertiary/aromatic N) is 1. The molecule has 2 rings (SSSR count). The molecule has 0 saturated carbocycles. The van der Waals surface area contributed by atoms with Crippen molar-refractivity contribution >= 4 is 5.69 Å². The van der Waals surface area contributed by atoms with Gasteiger partial charge < -0.3 is 15.3 Å². The highest BCUT2D eigenvalue weighted by molar-refractivity contribution is 5.55. The fourth-order valence-electron chi connectivity index (χ4n) is 2.92. The summed E-state index contributed by atoms with van der Waals surface area (Å²) >= 11 is 0. The molecule has 1 fully saturated rings. The average molecular weight is 294 g/mol. The van der Waals surface area contributed by atoms with Gasteiger partial charge in [-0.15, -0.1) is 0 Å². The minimum absolute atomic E-state index is 0.0156. The molecule has 0 bridgehead atoms. The van der Waals surface area contributed by atoms with Gasteiger partial charge in [0, 0.05) is 24.3 Å². The molecule has 0 aliphatic carbocycles. The van der Waals surface area contributed by atoms with E-state index >= 15 is 0 Å². The van der Waals surface area contributed by atoms with Crippen LogP contribution in [-0.2, 0) is 6.54 Å². The van der Waals surface area contributed by atoms with Crippen molar-refractivity contribution in [1.29, 1.82) is 0 Å². The summed E-state index contributed by atoms with van der Waals surface area (Å²) in [7, 11) is 0. The zero-order chi connectivity index (χ0) is 15.6. The van der Waals surface area contributed by atoms with Gasteiger partial charge in [-0.3, -0.25) is 0 Å². The lowest BCUT2D eigenvalue weighted by Crippen LogP contribution is -2.38. The Morgan fingerprint density at radius 3 is 2.71 bits per heavy atom. The fourth-order valence-corrected chi connectivity index (χ4v) is 2.92. The Hall–Kier alpha value is -1.13. The smallest absolute Gasteiger partial charge is 0.123 e. The molecule has 0 aromatic heterocycles. The third kappa shape index (κ3) is 3.95. The zero-order valence-corrected chi connectivity index (χ0v) is 13.5. The van der Waals surface area contributed by atoms with Gasteiger partial charge >= 0.3 is 0 Å². The van der Waals surface area contributed by atoms with E-state index in [1.165, 1.54) is 6.07 Å². The predicted octanol–water partition coefficient (Wildman–Crippen LogP) is 2.92. The molecule has 1 heterocycles. The number of aliphatic hydroxyl groups excluding tert-OH is 1. The van der Waals surface area contributed by atoms with Crippen LogP contribution in [0.2, 0.25) is 0 Å². The normalized spacial score (nSPS) is 22.9. The van der Waals surface area contributed by atoms with E-state index < -0.39 is 0 Å². The van der Waals surface area contributed by atoms with E-state index in [4.69, 9.17) is 0 Å². The number of nitrogens with one attached hydrogen (secondary N) is 1. The Kier molecular flexibility index (Phi) is 4.89. The minimum atomic E-state index is -0.211. The largest absolute Gasteiger partial charge is 0.394 e. The first kappa shape index (κ1) is 16.2. The van der Waals surface area contributed by atoms with Crippen LogP contribution in [0.25, 0.3) is 0 Å². The summed E-state index contributed by atoms with van der Waals surface area (Å²) in [5.41, 5.74) is 1.98. The number of rotatable bonds is 4. The Morgan fingerprint density at radius 1 is 1.38 bits per heavy atom. The maximum absolute atomic E-state index is 13.6. The summed E-state index contributed by atoms with van der Waals surface area (Å²) in [5, 5.41) is 13.1. The average Bonchev–Trinajstić information content (AvgIpc) is 2.76. The molecule has 118 valence electrons. The monoisotopic (exact) mass is 294 g/mol. The van der Waals surface area contributed by atoms with E-state index in [-0.39, 0.29) is 24.0 Å². The Morgan fingerprint density at radius 2 is 2.10 bits per heavy atom. The summed E-state index contributed by atoms with van der Waals surface area (Å²) in [6.45, 7) is 10.1. The SMILES string of the molecule is CC1CCN(c2ccc(F)cc2CNC(C)(C)C)C1CO. The lowest BCUT2D eigenvalue weighted by molar-refractivity contribution is 0.244. The van der Waals surface area contributed by atoms with E-state index in [1.807, 2.05) is 6.07 Å². The number of hydrogen-bond acceptors (Lipinski definition) is 3. The third-order valence-electron chi connectivity index (χ3n) is 4.23. The second kappa shape index (κ2) is 6.32. The van der Waals surface area contributed by atoms with Crippen LogP contribution in [0.5, 0.6) is 0 Å². The van der Waals surface area contributed by atoms with Crippen molar-refractivity contribution in [3.05, 3.63) is 29.6 Å². The van der Waals surface area contributed by atoms with Crippen LogP contribution in [-0.4, -0.2) is 29.8 Å². The van der Waals surface area contributed by atoms with Crippen LogP contribution in [0.3, 0.4) is 0 Å². The van der Waals surface area contributed by atoms with Gasteiger partial charge in [-0.25, -0.2) is 4.39 Å². The van der Waals surface area contributed by atoms with Crippen molar-refractivity contribution in [1.82, 2.24) is 5.32 Å². The van der Waals surface area contributed by atoms with Crippen LogP contribution in [0.4, 0.5) is 10.1 Å². The van der Waals surface area contributed by atoms with Crippen molar-refractivity contribution in [3.8, 4) is 0 Å². The molecule has 2 unspecified atom stereocenters. The third-order valence-corrected chi connectivity index (χ3v) is 4.23. The van der Waals surface area contributed by atoms with Crippen LogP contribution in [0.15, 0.2) is 18.2 Å². The summed E-state index contributed by atoms with van der Waals surface area (Å²) in [6, 6.07) is 5.08. The molecule has 2 N–H and O–H groups in total. The molecule has 0 spiro atoms. The number of hydrogen-bond donors (Lipinski definition) is 2. The zero-order valence-electron chi connectivity index (χ0n) is 13.5. The molecular formula is C17H27FN2O. The Labute approximate surface area is 127 Å². The van der Waals surface area contributed by atoms with Gasteiger partial charge in [0.15, 0.2) is 0 Å². The maximum Gasteiger partial charge on any atom is 0.123 e. The van der Waals surface area contributed by atoms with Gasteiger partial charge in [0.1, 0.15) is 5.82 Å². The van der Waals surface area contributed by atoms with Crippen LogP contribution in [0, 0.1) is 11.7 Å². The highest BCUT2D eigenvalue weighted by Crippen LogP contribution is 2.32. The van der Waals surface area contributed by atoms with E-state index in [0.717, 1.165) is 24.2 Å². The van der Waals surface area contributed by atoms with Crippen molar-refractivity contribution in [2.45, 2.75) is 52.2 Å². The van der Waals surface area contributed by atoms with Gasteiger partial charge in [0.2, 0.25) is 0 Å². The first-order valence-corrected chi connectivity index (χ1v) is 7.73. The van der Waals surface area contributed by atoms with Crippen LogP contribution in [0.1, 0.15) is 39.7 Å². The van der Waals surface area contributed by atoms with E-state index in [1.54, 1.807) is 6.07 Å². The topological polar surface area (TPSA) is 35.5 Å². The van der Waals surface area contributed by atoms with Gasteiger partial charge in [-0.05, 0) is 56.9 Å². The van der Waals surface area contributed by atoms with E-state index in [9.17, 15) is 9.50 Å². The summed E-state index contributed by atoms with van der Waals surface area (Å²) < 4.78 is 13.6. The second-order valence-electron chi connectivity index (χ2n) is 7.09. The quantitative estimate of drug-likeness (QED) is 0.896. The molecule has 0 amide bonds. The van der Waals surface area contributed by atoms with Crippen LogP contribution < -0.4 is 10.2 Å². The molecule has 21 heavy (non-hydrogen) atoms. The van der Waals surface area contributed by atoms with Gasteiger partial charge in [0.05, 0.1) is 12.6 Å². The molecule has 2 atom stereocenters. The molecule has 0 radical (unpaired) electrons. The molecule has 1 saturated heterocycles. The minimum Gasteiger partial charge on any atom is -0.394 e. The van der Waals surface area contributed by atoms with E-state index in [0.29, 0.717) is 12.5 Å². The van der Waals surface area contributed by atoms with Crippen molar-refractivity contribution < 1.29 is 9.50 Å². The lowest BCUT2D eigenvalue weighted by Gasteiger charge is -2.30.